The molecule has 144 valence electrons. The van der Waals surface area contributed by atoms with E-state index in [9.17, 15) is 14.9 Å². The standard InChI is InChI=1S/C19H24N4O4/c24-19-17(23(25)26)13-20-18(21-19)8-5-11-27-16-7-4-6-15(12-16)14-22-9-2-1-3-10-22/h4,6-7,12-13H,1-3,5,8-11,14H2,(H,20,21,24). The molecular weight excluding hydrogens is 348 g/mol. The molecule has 2 aromatic rings. The molecule has 0 saturated carbocycles. The van der Waals surface area contributed by atoms with Gasteiger partial charge in [-0.3, -0.25) is 19.8 Å². The number of aromatic amines is 1. The highest BCUT2D eigenvalue weighted by Crippen LogP contribution is 2.18. The summed E-state index contributed by atoms with van der Waals surface area (Å²) in [4.78, 5) is 30.3. The fraction of sp³-hybridized carbons (Fsp3) is 0.474. The van der Waals surface area contributed by atoms with Crippen LogP contribution in [0.3, 0.4) is 0 Å². The second-order valence-electron chi connectivity index (χ2n) is 6.73. The van der Waals surface area contributed by atoms with Crippen molar-refractivity contribution in [1.29, 1.82) is 0 Å². The van der Waals surface area contributed by atoms with Gasteiger partial charge in [0.05, 0.1) is 17.7 Å². The molecule has 0 radical (unpaired) electrons. The lowest BCUT2D eigenvalue weighted by Crippen LogP contribution is -2.29. The van der Waals surface area contributed by atoms with Crippen molar-refractivity contribution in [1.82, 2.24) is 14.9 Å². The smallest absolute Gasteiger partial charge is 0.351 e. The Morgan fingerprint density at radius 1 is 1.26 bits per heavy atom. The van der Waals surface area contributed by atoms with Gasteiger partial charge in [0.25, 0.3) is 0 Å². The average molecular weight is 372 g/mol. The van der Waals surface area contributed by atoms with Crippen molar-refractivity contribution in [2.75, 3.05) is 19.7 Å². The number of aromatic nitrogens is 2. The number of rotatable bonds is 8. The van der Waals surface area contributed by atoms with E-state index in [1.165, 1.54) is 24.8 Å². The third-order valence-electron chi connectivity index (χ3n) is 4.61. The van der Waals surface area contributed by atoms with Crippen molar-refractivity contribution in [2.45, 2.75) is 38.6 Å². The van der Waals surface area contributed by atoms with Crippen LogP contribution in [-0.4, -0.2) is 39.5 Å². The van der Waals surface area contributed by atoms with Crippen LogP contribution in [0.1, 0.15) is 37.1 Å². The number of nitrogens with one attached hydrogen (secondary N) is 1. The summed E-state index contributed by atoms with van der Waals surface area (Å²) in [6.07, 6.45) is 6.10. The molecule has 0 aliphatic carbocycles. The lowest BCUT2D eigenvalue weighted by Gasteiger charge is -2.26. The number of H-pyrrole nitrogens is 1. The van der Waals surface area contributed by atoms with Gasteiger partial charge in [-0.1, -0.05) is 18.6 Å². The second kappa shape index (κ2) is 9.27. The number of likely N-dealkylation sites (tertiary alicyclic amines) is 1. The van der Waals surface area contributed by atoms with E-state index in [1.54, 1.807) is 0 Å². The maximum Gasteiger partial charge on any atom is 0.351 e. The van der Waals surface area contributed by atoms with Crippen molar-refractivity contribution < 1.29 is 9.66 Å². The molecule has 1 aromatic heterocycles. The summed E-state index contributed by atoms with van der Waals surface area (Å²) >= 11 is 0. The molecule has 0 spiro atoms. The van der Waals surface area contributed by atoms with Crippen LogP contribution in [0.15, 0.2) is 35.3 Å². The Hall–Kier alpha value is -2.74. The van der Waals surface area contributed by atoms with Crippen LogP contribution in [0.4, 0.5) is 5.69 Å². The molecule has 1 N–H and O–H groups in total. The number of benzene rings is 1. The van der Waals surface area contributed by atoms with Crippen LogP contribution in [-0.2, 0) is 13.0 Å². The molecule has 1 aliphatic rings. The molecule has 1 fully saturated rings. The van der Waals surface area contributed by atoms with Crippen molar-refractivity contribution in [3.05, 3.63) is 62.3 Å². The summed E-state index contributed by atoms with van der Waals surface area (Å²) in [5.74, 6) is 1.25. The Morgan fingerprint density at radius 3 is 2.81 bits per heavy atom. The summed E-state index contributed by atoms with van der Waals surface area (Å²) in [5.41, 5.74) is -0.114. The normalized spacial score (nSPS) is 14.8. The minimum atomic E-state index is -0.819. The van der Waals surface area contributed by atoms with Gasteiger partial charge < -0.3 is 9.72 Å². The Morgan fingerprint density at radius 2 is 2.07 bits per heavy atom. The molecule has 0 atom stereocenters. The number of piperidine rings is 1. The highest BCUT2D eigenvalue weighted by molar-refractivity contribution is 5.28. The Kier molecular flexibility index (Phi) is 6.54. The van der Waals surface area contributed by atoms with Gasteiger partial charge in [0.1, 0.15) is 11.6 Å². The van der Waals surface area contributed by atoms with Crippen molar-refractivity contribution in [2.24, 2.45) is 0 Å². The van der Waals surface area contributed by atoms with E-state index in [4.69, 9.17) is 4.74 Å². The van der Waals surface area contributed by atoms with Crippen LogP contribution >= 0.6 is 0 Å². The highest BCUT2D eigenvalue weighted by Gasteiger charge is 2.13. The van der Waals surface area contributed by atoms with Gasteiger partial charge in [0.15, 0.2) is 0 Å². The summed E-state index contributed by atoms with van der Waals surface area (Å²) < 4.78 is 5.80. The first-order valence-electron chi connectivity index (χ1n) is 9.29. The lowest BCUT2D eigenvalue weighted by molar-refractivity contribution is -0.386. The number of ether oxygens (including phenoxy) is 1. The molecule has 0 bridgehead atoms. The fourth-order valence-corrected chi connectivity index (χ4v) is 3.22. The quantitative estimate of drug-likeness (QED) is 0.434. The molecule has 2 heterocycles. The van der Waals surface area contributed by atoms with E-state index in [2.05, 4.69) is 27.0 Å². The summed E-state index contributed by atoms with van der Waals surface area (Å²) in [6.45, 7) is 3.75. The third kappa shape index (κ3) is 5.62. The number of hydrogen-bond acceptors (Lipinski definition) is 6. The molecule has 0 unspecified atom stereocenters. The molecule has 0 amide bonds. The molecule has 1 aliphatic heterocycles. The van der Waals surface area contributed by atoms with Crippen LogP contribution in [0, 0.1) is 10.1 Å². The minimum absolute atomic E-state index is 0.424. The zero-order valence-corrected chi connectivity index (χ0v) is 15.2. The van der Waals surface area contributed by atoms with Crippen molar-refractivity contribution in [3.63, 3.8) is 0 Å². The minimum Gasteiger partial charge on any atom is -0.494 e. The Labute approximate surface area is 157 Å². The zero-order chi connectivity index (χ0) is 19.1. The van der Waals surface area contributed by atoms with Crippen LogP contribution in [0.25, 0.3) is 0 Å². The predicted molar refractivity (Wildman–Crippen MR) is 101 cm³/mol. The number of hydrogen-bond donors (Lipinski definition) is 1. The van der Waals surface area contributed by atoms with Gasteiger partial charge in [0.2, 0.25) is 0 Å². The van der Waals surface area contributed by atoms with Crippen LogP contribution in [0.5, 0.6) is 5.75 Å². The average Bonchev–Trinajstić information content (AvgIpc) is 2.66. The molecule has 8 nitrogen and oxygen atoms in total. The summed E-state index contributed by atoms with van der Waals surface area (Å²) in [7, 11) is 0. The molecular formula is C19H24N4O4. The maximum absolute atomic E-state index is 11.5. The van der Waals surface area contributed by atoms with Gasteiger partial charge >= 0.3 is 11.2 Å². The van der Waals surface area contributed by atoms with Gasteiger partial charge in [-0.2, -0.15) is 4.98 Å². The molecule has 27 heavy (non-hydrogen) atoms. The molecule has 8 heteroatoms. The van der Waals surface area contributed by atoms with Crippen molar-refractivity contribution >= 4 is 5.69 Å². The summed E-state index contributed by atoms with van der Waals surface area (Å²) in [6, 6.07) is 8.13. The Bertz CT molecular complexity index is 830. The molecule has 3 rings (SSSR count). The molecule has 1 saturated heterocycles. The zero-order valence-electron chi connectivity index (χ0n) is 15.2. The third-order valence-corrected chi connectivity index (χ3v) is 4.61. The van der Waals surface area contributed by atoms with Gasteiger partial charge in [0, 0.05) is 13.0 Å². The van der Waals surface area contributed by atoms with Crippen molar-refractivity contribution in [3.8, 4) is 5.75 Å². The fourth-order valence-electron chi connectivity index (χ4n) is 3.22. The number of aryl methyl sites for hydroxylation is 1. The number of nitro groups is 1. The first kappa shape index (κ1) is 19.0. The van der Waals surface area contributed by atoms with Crippen LogP contribution in [0.2, 0.25) is 0 Å². The largest absolute Gasteiger partial charge is 0.494 e. The topological polar surface area (TPSA) is 101 Å². The van der Waals surface area contributed by atoms with E-state index in [-0.39, 0.29) is 0 Å². The van der Waals surface area contributed by atoms with E-state index in [0.717, 1.165) is 31.6 Å². The van der Waals surface area contributed by atoms with E-state index in [0.29, 0.717) is 25.3 Å². The highest BCUT2D eigenvalue weighted by atomic mass is 16.6. The molecule has 1 aromatic carbocycles. The monoisotopic (exact) mass is 372 g/mol. The SMILES string of the molecule is O=c1nc(CCCOc2cccc(CN3CCCCC3)c2)[nH]cc1[N+](=O)[O-]. The van der Waals surface area contributed by atoms with Gasteiger partial charge in [-0.05, 0) is 50.0 Å². The van der Waals surface area contributed by atoms with Gasteiger partial charge in [-0.25, -0.2) is 0 Å². The lowest BCUT2D eigenvalue weighted by atomic mass is 10.1. The van der Waals surface area contributed by atoms with E-state index >= 15 is 0 Å². The number of nitrogens with zero attached hydrogens (tertiary/aromatic N) is 3. The van der Waals surface area contributed by atoms with E-state index < -0.39 is 16.2 Å². The predicted octanol–water partition coefficient (Wildman–Crippen LogP) is 2.68. The summed E-state index contributed by atoms with van der Waals surface area (Å²) in [5, 5.41) is 10.6. The maximum atomic E-state index is 11.5. The Balaban J connectivity index is 1.46. The first-order valence-corrected chi connectivity index (χ1v) is 9.29. The first-order chi connectivity index (χ1) is 13.1. The van der Waals surface area contributed by atoms with Gasteiger partial charge in [-0.15, -0.1) is 0 Å². The van der Waals surface area contributed by atoms with E-state index in [1.807, 2.05) is 12.1 Å². The second-order valence-corrected chi connectivity index (χ2v) is 6.73. The van der Waals surface area contributed by atoms with Crippen LogP contribution < -0.4 is 10.3 Å².